The van der Waals surface area contributed by atoms with Crippen LogP contribution in [0.1, 0.15) is 24.2 Å². The van der Waals surface area contributed by atoms with Gasteiger partial charge in [0.25, 0.3) is 15.9 Å². The predicted octanol–water partition coefficient (Wildman–Crippen LogP) is 2.22. The number of benzene rings is 2. The largest absolute Gasteiger partial charge is 0.494 e. The highest BCUT2D eigenvalue weighted by atomic mass is 32.2. The Hall–Kier alpha value is -2.58. The molecule has 0 saturated carbocycles. The van der Waals surface area contributed by atoms with Crippen molar-refractivity contribution in [3.05, 3.63) is 54.1 Å². The predicted molar refractivity (Wildman–Crippen MR) is 106 cm³/mol. The highest BCUT2D eigenvalue weighted by Crippen LogP contribution is 2.20. The van der Waals surface area contributed by atoms with E-state index < -0.39 is 10.0 Å². The number of ether oxygens (including phenoxy) is 1. The maximum Gasteiger partial charge on any atom is 0.261 e. The Morgan fingerprint density at radius 2 is 1.70 bits per heavy atom. The quantitative estimate of drug-likeness (QED) is 0.609. The summed E-state index contributed by atoms with van der Waals surface area (Å²) in [7, 11) is -1.93. The van der Waals surface area contributed by atoms with Crippen molar-refractivity contribution >= 4 is 21.6 Å². The first-order chi connectivity index (χ1) is 12.9. The van der Waals surface area contributed by atoms with Crippen LogP contribution >= 0.6 is 0 Å². The van der Waals surface area contributed by atoms with Crippen LogP contribution in [0.3, 0.4) is 0 Å². The molecular weight excluding hydrogens is 366 g/mol. The van der Waals surface area contributed by atoms with Gasteiger partial charge >= 0.3 is 0 Å². The number of hydrogen-bond donors (Lipinski definition) is 3. The van der Waals surface area contributed by atoms with E-state index in [0.717, 1.165) is 0 Å². The Balaban J connectivity index is 2.04. The second-order valence-corrected chi connectivity index (χ2v) is 7.67. The van der Waals surface area contributed by atoms with E-state index in [1.807, 2.05) is 20.9 Å². The number of amides is 1. The molecule has 0 bridgehead atoms. The van der Waals surface area contributed by atoms with Crippen LogP contribution in [0.2, 0.25) is 0 Å². The van der Waals surface area contributed by atoms with E-state index in [4.69, 9.17) is 4.74 Å². The molecule has 2 aromatic rings. The molecule has 1 atom stereocenters. The number of sulfonamides is 1. The molecule has 0 aliphatic carbocycles. The summed E-state index contributed by atoms with van der Waals surface area (Å²) in [6, 6.07) is 12.6. The van der Waals surface area contributed by atoms with Crippen molar-refractivity contribution in [2.75, 3.05) is 24.9 Å². The van der Waals surface area contributed by atoms with Crippen molar-refractivity contribution < 1.29 is 17.9 Å². The lowest BCUT2D eigenvalue weighted by Gasteiger charge is -2.12. The number of rotatable bonds is 9. The number of carbonyl (C=O) groups is 1. The van der Waals surface area contributed by atoms with Gasteiger partial charge in [0.2, 0.25) is 0 Å². The standard InChI is InChI=1S/C19H25N3O4S/c1-4-26-17-9-7-16(8-10-17)22-27(24,25)18-11-5-15(6-12-18)19(23)21-13-14(2)20-3/h5-12,14,20,22H,4,13H2,1-3H3,(H,21,23). The summed E-state index contributed by atoms with van der Waals surface area (Å²) in [5.41, 5.74) is 0.833. The molecule has 0 aliphatic heterocycles. The molecule has 7 nitrogen and oxygen atoms in total. The van der Waals surface area contributed by atoms with Crippen molar-refractivity contribution in [3.8, 4) is 5.75 Å². The molecule has 0 aromatic heterocycles. The SMILES string of the molecule is CCOc1ccc(NS(=O)(=O)c2ccc(C(=O)NCC(C)NC)cc2)cc1. The topological polar surface area (TPSA) is 96.5 Å². The maximum absolute atomic E-state index is 12.5. The van der Waals surface area contributed by atoms with Crippen LogP contribution in [0, 0.1) is 0 Å². The Morgan fingerprint density at radius 1 is 1.07 bits per heavy atom. The number of hydrogen-bond acceptors (Lipinski definition) is 5. The highest BCUT2D eigenvalue weighted by Gasteiger charge is 2.15. The fourth-order valence-electron chi connectivity index (χ4n) is 2.24. The van der Waals surface area contributed by atoms with Crippen LogP contribution in [0.5, 0.6) is 5.75 Å². The van der Waals surface area contributed by atoms with Gasteiger partial charge < -0.3 is 15.4 Å². The summed E-state index contributed by atoms with van der Waals surface area (Å²) in [6.45, 7) is 4.85. The van der Waals surface area contributed by atoms with Crippen LogP contribution < -0.4 is 20.1 Å². The number of likely N-dealkylation sites (N-methyl/N-ethyl adjacent to an activating group) is 1. The third kappa shape index (κ3) is 5.97. The van der Waals surface area contributed by atoms with Crippen LogP contribution in [0.25, 0.3) is 0 Å². The molecule has 0 radical (unpaired) electrons. The molecule has 0 fully saturated rings. The number of anilines is 1. The van der Waals surface area contributed by atoms with Gasteiger partial charge in [-0.1, -0.05) is 0 Å². The average Bonchev–Trinajstić information content (AvgIpc) is 2.67. The zero-order valence-electron chi connectivity index (χ0n) is 15.7. The van der Waals surface area contributed by atoms with E-state index in [9.17, 15) is 13.2 Å². The first-order valence-corrected chi connectivity index (χ1v) is 10.1. The van der Waals surface area contributed by atoms with E-state index in [-0.39, 0.29) is 16.8 Å². The van der Waals surface area contributed by atoms with Crippen molar-refractivity contribution in [3.63, 3.8) is 0 Å². The third-order valence-corrected chi connectivity index (χ3v) is 5.30. The van der Waals surface area contributed by atoms with E-state index in [1.54, 1.807) is 24.3 Å². The summed E-state index contributed by atoms with van der Waals surface area (Å²) in [5.74, 6) is 0.420. The zero-order chi connectivity index (χ0) is 19.9. The molecule has 0 saturated heterocycles. The van der Waals surface area contributed by atoms with Crippen LogP contribution in [0.4, 0.5) is 5.69 Å². The number of carbonyl (C=O) groups excluding carboxylic acids is 1. The van der Waals surface area contributed by atoms with Crippen molar-refractivity contribution in [1.29, 1.82) is 0 Å². The molecule has 1 unspecified atom stereocenters. The lowest BCUT2D eigenvalue weighted by atomic mass is 10.2. The Bertz CT molecular complexity index is 850. The van der Waals surface area contributed by atoms with Crippen molar-refractivity contribution in [2.24, 2.45) is 0 Å². The van der Waals surface area contributed by atoms with Crippen LogP contribution in [-0.4, -0.2) is 40.6 Å². The molecule has 3 N–H and O–H groups in total. The van der Waals surface area contributed by atoms with Gasteiger partial charge in [0.15, 0.2) is 0 Å². The fraction of sp³-hybridized carbons (Fsp3) is 0.316. The molecule has 0 heterocycles. The second kappa shape index (κ2) is 9.38. The first kappa shape index (κ1) is 20.7. The minimum absolute atomic E-state index is 0.0801. The van der Waals surface area contributed by atoms with Gasteiger partial charge in [0.05, 0.1) is 11.5 Å². The molecule has 2 aromatic carbocycles. The number of nitrogens with one attached hydrogen (secondary N) is 3. The zero-order valence-corrected chi connectivity index (χ0v) is 16.5. The summed E-state index contributed by atoms with van der Waals surface area (Å²) >= 11 is 0. The molecule has 0 spiro atoms. The van der Waals surface area contributed by atoms with E-state index in [2.05, 4.69) is 15.4 Å². The Labute approximate surface area is 160 Å². The van der Waals surface area contributed by atoms with E-state index in [0.29, 0.717) is 30.2 Å². The van der Waals surface area contributed by atoms with Gasteiger partial charge in [-0.2, -0.15) is 0 Å². The lowest BCUT2D eigenvalue weighted by molar-refractivity contribution is 0.0950. The van der Waals surface area contributed by atoms with Gasteiger partial charge in [0, 0.05) is 23.8 Å². The average molecular weight is 391 g/mol. The Kier molecular flexibility index (Phi) is 7.20. The van der Waals surface area contributed by atoms with Gasteiger partial charge in [0.1, 0.15) is 5.75 Å². The molecule has 0 aliphatic rings. The molecule has 2 rings (SSSR count). The summed E-state index contributed by atoms with van der Waals surface area (Å²) in [6.07, 6.45) is 0. The third-order valence-electron chi connectivity index (χ3n) is 3.91. The smallest absolute Gasteiger partial charge is 0.261 e. The minimum Gasteiger partial charge on any atom is -0.494 e. The molecule has 146 valence electrons. The normalized spacial score (nSPS) is 12.3. The molecule has 27 heavy (non-hydrogen) atoms. The van der Waals surface area contributed by atoms with Gasteiger partial charge in [-0.3, -0.25) is 9.52 Å². The van der Waals surface area contributed by atoms with Gasteiger partial charge in [-0.05, 0) is 69.4 Å². The van der Waals surface area contributed by atoms with Gasteiger partial charge in [-0.25, -0.2) is 8.42 Å². The van der Waals surface area contributed by atoms with E-state index >= 15 is 0 Å². The Morgan fingerprint density at radius 3 is 2.26 bits per heavy atom. The van der Waals surface area contributed by atoms with Crippen molar-refractivity contribution in [1.82, 2.24) is 10.6 Å². The fourth-order valence-corrected chi connectivity index (χ4v) is 3.29. The summed E-state index contributed by atoms with van der Waals surface area (Å²) in [4.78, 5) is 12.2. The summed E-state index contributed by atoms with van der Waals surface area (Å²) < 4.78 is 32.8. The second-order valence-electron chi connectivity index (χ2n) is 5.99. The summed E-state index contributed by atoms with van der Waals surface area (Å²) in [5, 5.41) is 5.81. The monoisotopic (exact) mass is 391 g/mol. The van der Waals surface area contributed by atoms with E-state index in [1.165, 1.54) is 24.3 Å². The first-order valence-electron chi connectivity index (χ1n) is 8.67. The van der Waals surface area contributed by atoms with Gasteiger partial charge in [-0.15, -0.1) is 0 Å². The van der Waals surface area contributed by atoms with Crippen molar-refractivity contribution in [2.45, 2.75) is 24.8 Å². The molecule has 8 heteroatoms. The minimum atomic E-state index is -3.74. The van der Waals surface area contributed by atoms with Crippen LogP contribution in [-0.2, 0) is 10.0 Å². The maximum atomic E-state index is 12.5. The molecular formula is C19H25N3O4S. The highest BCUT2D eigenvalue weighted by molar-refractivity contribution is 7.92. The lowest BCUT2D eigenvalue weighted by Crippen LogP contribution is -2.37. The van der Waals surface area contributed by atoms with Crippen LogP contribution in [0.15, 0.2) is 53.4 Å². The molecule has 1 amide bonds.